The first-order valence-corrected chi connectivity index (χ1v) is 5.88. The Balaban J connectivity index is 1.92. The predicted octanol–water partition coefficient (Wildman–Crippen LogP) is 0.233. The van der Waals surface area contributed by atoms with Crippen LogP contribution in [0.25, 0.3) is 0 Å². The van der Waals surface area contributed by atoms with Crippen molar-refractivity contribution in [1.82, 2.24) is 10.2 Å². The fraction of sp³-hybridized carbons (Fsp3) is 0.909. The van der Waals surface area contributed by atoms with Gasteiger partial charge in [-0.25, -0.2) is 0 Å². The molecule has 0 bridgehead atoms. The minimum Gasteiger partial charge on any atom is -0.377 e. The molecule has 2 rings (SSSR count). The topological polar surface area (TPSA) is 41.6 Å². The number of nitrogens with one attached hydrogen (secondary N) is 1. The number of ether oxygens (including phenoxy) is 1. The highest BCUT2D eigenvalue weighted by Gasteiger charge is 2.28. The Hall–Kier alpha value is -0.610. The zero-order valence-corrected chi connectivity index (χ0v) is 9.37. The minimum atomic E-state index is 0.186. The van der Waals surface area contributed by atoms with Crippen LogP contribution in [0.15, 0.2) is 0 Å². The Bertz CT molecular complexity index is 227. The van der Waals surface area contributed by atoms with E-state index in [0.29, 0.717) is 5.91 Å². The molecule has 0 spiro atoms. The predicted molar refractivity (Wildman–Crippen MR) is 57.6 cm³/mol. The maximum atomic E-state index is 12.1. The van der Waals surface area contributed by atoms with Crippen LogP contribution >= 0.6 is 0 Å². The summed E-state index contributed by atoms with van der Waals surface area (Å²) in [6.07, 6.45) is 2.15. The third-order valence-electron chi connectivity index (χ3n) is 3.17. The van der Waals surface area contributed by atoms with E-state index in [-0.39, 0.29) is 12.0 Å². The van der Waals surface area contributed by atoms with Crippen LogP contribution in [0.1, 0.15) is 19.8 Å². The van der Waals surface area contributed by atoms with Crippen molar-refractivity contribution in [3.63, 3.8) is 0 Å². The molecule has 15 heavy (non-hydrogen) atoms. The van der Waals surface area contributed by atoms with Crippen molar-refractivity contribution in [3.8, 4) is 0 Å². The molecule has 2 aliphatic rings. The Morgan fingerprint density at radius 1 is 1.53 bits per heavy atom. The standard InChI is InChI=1S/C11H20N2O2/c1-9-8-13(5-2-6-15-9)11(14)10-3-4-12-7-10/h9-10,12H,2-8H2,1H3. The smallest absolute Gasteiger partial charge is 0.227 e. The second kappa shape index (κ2) is 4.94. The summed E-state index contributed by atoms with van der Waals surface area (Å²) in [5.74, 6) is 0.521. The van der Waals surface area contributed by atoms with Gasteiger partial charge in [-0.15, -0.1) is 0 Å². The van der Waals surface area contributed by atoms with Gasteiger partial charge >= 0.3 is 0 Å². The molecule has 0 aromatic rings. The molecular weight excluding hydrogens is 192 g/mol. The summed E-state index contributed by atoms with van der Waals surface area (Å²) in [6.45, 7) is 6.28. The molecule has 2 aliphatic heterocycles. The molecule has 2 atom stereocenters. The molecule has 0 radical (unpaired) electrons. The first-order valence-electron chi connectivity index (χ1n) is 5.88. The van der Waals surface area contributed by atoms with E-state index in [1.807, 2.05) is 11.8 Å². The molecule has 2 fully saturated rings. The summed E-state index contributed by atoms with van der Waals surface area (Å²) in [5.41, 5.74) is 0. The molecule has 4 nitrogen and oxygen atoms in total. The van der Waals surface area contributed by atoms with Crippen LogP contribution in [0, 0.1) is 5.92 Å². The average Bonchev–Trinajstić information content (AvgIpc) is 2.67. The van der Waals surface area contributed by atoms with Crippen LogP contribution in [0.2, 0.25) is 0 Å². The fourth-order valence-corrected chi connectivity index (χ4v) is 2.32. The van der Waals surface area contributed by atoms with Crippen LogP contribution in [0.3, 0.4) is 0 Å². The van der Waals surface area contributed by atoms with Gasteiger partial charge in [0.05, 0.1) is 12.0 Å². The van der Waals surface area contributed by atoms with Gasteiger partial charge in [0.25, 0.3) is 0 Å². The fourth-order valence-electron chi connectivity index (χ4n) is 2.32. The molecule has 1 amide bonds. The number of carbonyl (C=O) groups is 1. The zero-order valence-electron chi connectivity index (χ0n) is 9.37. The molecule has 86 valence electrons. The maximum Gasteiger partial charge on any atom is 0.227 e. The van der Waals surface area contributed by atoms with Gasteiger partial charge in [-0.1, -0.05) is 0 Å². The number of rotatable bonds is 1. The summed E-state index contributed by atoms with van der Waals surface area (Å²) in [7, 11) is 0. The second-order valence-corrected chi connectivity index (χ2v) is 4.51. The zero-order chi connectivity index (χ0) is 10.7. The Morgan fingerprint density at radius 3 is 3.13 bits per heavy atom. The highest BCUT2D eigenvalue weighted by atomic mass is 16.5. The van der Waals surface area contributed by atoms with Gasteiger partial charge < -0.3 is 15.0 Å². The van der Waals surface area contributed by atoms with Crippen molar-refractivity contribution in [3.05, 3.63) is 0 Å². The van der Waals surface area contributed by atoms with Crippen molar-refractivity contribution in [2.45, 2.75) is 25.9 Å². The summed E-state index contributed by atoms with van der Waals surface area (Å²) in [5, 5.41) is 3.24. The largest absolute Gasteiger partial charge is 0.377 e. The quantitative estimate of drug-likeness (QED) is 0.676. The van der Waals surface area contributed by atoms with E-state index in [1.54, 1.807) is 0 Å². The lowest BCUT2D eigenvalue weighted by molar-refractivity contribution is -0.135. The van der Waals surface area contributed by atoms with E-state index in [2.05, 4.69) is 5.32 Å². The molecule has 4 heteroatoms. The Labute approximate surface area is 91.0 Å². The maximum absolute atomic E-state index is 12.1. The van der Waals surface area contributed by atoms with E-state index in [0.717, 1.165) is 45.6 Å². The first-order chi connectivity index (χ1) is 7.27. The van der Waals surface area contributed by atoms with E-state index in [9.17, 15) is 4.79 Å². The van der Waals surface area contributed by atoms with Crippen LogP contribution < -0.4 is 5.32 Å². The second-order valence-electron chi connectivity index (χ2n) is 4.51. The lowest BCUT2D eigenvalue weighted by Crippen LogP contribution is -2.40. The number of amides is 1. The van der Waals surface area contributed by atoms with Gasteiger partial charge in [0.1, 0.15) is 0 Å². The van der Waals surface area contributed by atoms with Crippen molar-refractivity contribution >= 4 is 5.91 Å². The normalized spacial score (nSPS) is 32.7. The van der Waals surface area contributed by atoms with Crippen LogP contribution in [0.5, 0.6) is 0 Å². The van der Waals surface area contributed by atoms with E-state index in [4.69, 9.17) is 4.74 Å². The minimum absolute atomic E-state index is 0.186. The Morgan fingerprint density at radius 2 is 2.40 bits per heavy atom. The van der Waals surface area contributed by atoms with E-state index < -0.39 is 0 Å². The molecule has 0 aromatic carbocycles. The van der Waals surface area contributed by atoms with Crippen LogP contribution in [-0.2, 0) is 9.53 Å². The average molecular weight is 212 g/mol. The summed E-state index contributed by atoms with van der Waals surface area (Å²) in [6, 6.07) is 0. The molecular formula is C11H20N2O2. The molecule has 0 aliphatic carbocycles. The SMILES string of the molecule is CC1CN(C(=O)C2CCNC2)CCCO1. The van der Waals surface area contributed by atoms with E-state index >= 15 is 0 Å². The highest BCUT2D eigenvalue weighted by Crippen LogP contribution is 2.14. The Kier molecular flexibility index (Phi) is 3.59. The monoisotopic (exact) mass is 212 g/mol. The summed E-state index contributed by atoms with van der Waals surface area (Å²) >= 11 is 0. The molecule has 0 aromatic heterocycles. The van der Waals surface area contributed by atoms with Gasteiger partial charge in [-0.3, -0.25) is 4.79 Å². The van der Waals surface area contributed by atoms with Gasteiger partial charge in [0, 0.05) is 26.2 Å². The molecule has 0 saturated carbocycles. The van der Waals surface area contributed by atoms with Crippen molar-refractivity contribution in [1.29, 1.82) is 0 Å². The van der Waals surface area contributed by atoms with Gasteiger partial charge in [0.15, 0.2) is 0 Å². The summed E-state index contributed by atoms with van der Waals surface area (Å²) < 4.78 is 5.54. The van der Waals surface area contributed by atoms with Crippen LogP contribution in [0.4, 0.5) is 0 Å². The van der Waals surface area contributed by atoms with Gasteiger partial charge in [0.2, 0.25) is 5.91 Å². The molecule has 2 saturated heterocycles. The lowest BCUT2D eigenvalue weighted by Gasteiger charge is -2.24. The van der Waals surface area contributed by atoms with Crippen molar-refractivity contribution in [2.24, 2.45) is 5.92 Å². The third kappa shape index (κ3) is 2.69. The number of nitrogens with zero attached hydrogens (tertiary/aromatic N) is 1. The lowest BCUT2D eigenvalue weighted by atomic mass is 10.1. The third-order valence-corrected chi connectivity index (χ3v) is 3.17. The van der Waals surface area contributed by atoms with Crippen molar-refractivity contribution in [2.75, 3.05) is 32.8 Å². The van der Waals surface area contributed by atoms with Gasteiger partial charge in [-0.05, 0) is 26.3 Å². The van der Waals surface area contributed by atoms with Gasteiger partial charge in [-0.2, -0.15) is 0 Å². The number of hydrogen-bond donors (Lipinski definition) is 1. The highest BCUT2D eigenvalue weighted by molar-refractivity contribution is 5.79. The number of carbonyl (C=O) groups excluding carboxylic acids is 1. The van der Waals surface area contributed by atoms with E-state index in [1.165, 1.54) is 0 Å². The summed E-state index contributed by atoms with van der Waals surface area (Å²) in [4.78, 5) is 14.1. The molecule has 1 N–H and O–H groups in total. The molecule has 2 unspecified atom stereocenters. The first kappa shape index (κ1) is 10.9. The number of hydrogen-bond acceptors (Lipinski definition) is 3. The molecule has 2 heterocycles. The van der Waals surface area contributed by atoms with Crippen molar-refractivity contribution < 1.29 is 9.53 Å². The van der Waals surface area contributed by atoms with Crippen LogP contribution in [-0.4, -0.2) is 49.7 Å².